The van der Waals surface area contributed by atoms with Crippen molar-refractivity contribution < 1.29 is 6.16 Å². The number of hydrogen-bond acceptors (Lipinski definition) is 0. The zero-order chi connectivity index (χ0) is 6.41. The minimum Gasteiger partial charge on any atom is -0.361 e. The summed E-state index contributed by atoms with van der Waals surface area (Å²) < 4.78 is 6.55. The minimum absolute atomic E-state index is 0.428. The van der Waals surface area contributed by atoms with E-state index in [1.165, 1.54) is 0 Å². The number of terminal acetylenes is 1. The highest BCUT2D eigenvalue weighted by Gasteiger charge is 1.56. The van der Waals surface area contributed by atoms with Gasteiger partial charge in [-0.05, 0) is 11.8 Å². The summed E-state index contributed by atoms with van der Waals surface area (Å²) in [4.78, 5) is 2.44. The zero-order valence-corrected chi connectivity index (χ0v) is 3.47. The van der Waals surface area contributed by atoms with E-state index in [2.05, 4.69) is 23.1 Å². The summed E-state index contributed by atoms with van der Waals surface area (Å²) in [6.07, 6.45) is 4.26. The summed E-state index contributed by atoms with van der Waals surface area (Å²) in [6, 6.07) is 0. The number of hydrogen-bond donors (Lipinski definition) is 0. The highest BCUT2D eigenvalue weighted by molar-refractivity contribution is 5.74. The average molecular weight is 91.1 g/mol. The van der Waals surface area contributed by atoms with Gasteiger partial charge in [0.2, 0.25) is 0 Å². The van der Waals surface area contributed by atoms with Gasteiger partial charge in [-0.15, -0.1) is 6.42 Å². The summed E-state index contributed by atoms with van der Waals surface area (Å²) in [6.45, 7) is 0. The molecule has 0 aromatic rings. The predicted octanol–water partition coefficient (Wildman–Crippen LogP) is -0.0764. The van der Waals surface area contributed by atoms with Crippen LogP contribution in [0.5, 0.6) is 0 Å². The first-order chi connectivity index (χ1) is 3.81. The third-order valence-corrected chi connectivity index (χ3v) is 0.241. The van der Waals surface area contributed by atoms with Gasteiger partial charge in [0.25, 0.3) is 0 Å². The van der Waals surface area contributed by atoms with Crippen molar-refractivity contribution in [2.45, 2.75) is 0 Å². The van der Waals surface area contributed by atoms with E-state index in [-0.39, 0.29) is 0 Å². The van der Waals surface area contributed by atoms with Gasteiger partial charge in [0.05, 0.1) is 0 Å². The smallest absolute Gasteiger partial charge is 0.331 e. The first-order valence-corrected chi connectivity index (χ1v) is 1.46. The zero-order valence-electron chi connectivity index (χ0n) is 4.47. The molecule has 0 heterocycles. The second kappa shape index (κ2) is 4.50. The van der Waals surface area contributed by atoms with E-state index in [4.69, 9.17) is 6.90 Å². The van der Waals surface area contributed by atoms with Crippen LogP contribution in [0.4, 0.5) is 0 Å². The van der Waals surface area contributed by atoms with Gasteiger partial charge in [0.1, 0.15) is 0 Å². The Bertz CT molecular complexity index is 219. The van der Waals surface area contributed by atoms with Crippen molar-refractivity contribution >= 4 is 6.19 Å². The lowest BCUT2D eigenvalue weighted by Gasteiger charge is -1.43. The molecule has 7 heavy (non-hydrogen) atoms. The second-order valence-electron chi connectivity index (χ2n) is 0.606. The van der Waals surface area contributed by atoms with Crippen LogP contribution in [-0.4, -0.2) is 11.0 Å². The van der Waals surface area contributed by atoms with Crippen molar-refractivity contribution in [1.82, 2.24) is 0 Å². The van der Waals surface area contributed by atoms with Crippen LogP contribution in [0.2, 0.25) is 0 Å². The molecule has 0 bridgehead atoms. The standard InChI is InChI=1S/C5H2N2/c1-2-3-4-5-7-6/h1,5H/i5D. The Balaban J connectivity index is 4.16. The van der Waals surface area contributed by atoms with Crippen molar-refractivity contribution in [3.63, 3.8) is 0 Å². The Morgan fingerprint density at radius 1 is 2.00 bits per heavy atom. The SMILES string of the molecule is [2H]C(C#CC#C)=[N+]=[N-]. The predicted molar refractivity (Wildman–Crippen MR) is 26.3 cm³/mol. The fraction of sp³-hybridized carbons (Fsp3) is 0. The van der Waals surface area contributed by atoms with Gasteiger partial charge in [-0.1, -0.05) is 0 Å². The first-order valence-electron chi connectivity index (χ1n) is 1.96. The Morgan fingerprint density at radius 2 is 2.71 bits per heavy atom. The molecule has 0 aliphatic heterocycles. The van der Waals surface area contributed by atoms with Crippen molar-refractivity contribution in [2.24, 2.45) is 0 Å². The first kappa shape index (κ1) is 3.68. The lowest BCUT2D eigenvalue weighted by molar-refractivity contribution is 0.00586. The molecule has 0 aliphatic rings. The molecule has 0 fully saturated rings. The van der Waals surface area contributed by atoms with Crippen molar-refractivity contribution in [3.8, 4) is 24.2 Å². The van der Waals surface area contributed by atoms with Gasteiger partial charge in [-0.2, -0.15) is 4.79 Å². The van der Waals surface area contributed by atoms with Crippen molar-refractivity contribution in [3.05, 3.63) is 5.53 Å². The fourth-order valence-corrected chi connectivity index (χ4v) is 0.0890. The van der Waals surface area contributed by atoms with E-state index in [0.29, 0.717) is 0 Å². The van der Waals surface area contributed by atoms with Crippen LogP contribution in [0.3, 0.4) is 0 Å². The average Bonchev–Trinajstić information content (AvgIpc) is 1.83. The van der Waals surface area contributed by atoms with Crippen LogP contribution in [0, 0.1) is 24.2 Å². The van der Waals surface area contributed by atoms with Crippen LogP contribution in [0.1, 0.15) is 1.37 Å². The molecule has 2 heteroatoms. The van der Waals surface area contributed by atoms with Gasteiger partial charge < -0.3 is 5.53 Å². The number of rotatable bonds is 0. The van der Waals surface area contributed by atoms with Crippen molar-refractivity contribution in [1.29, 1.82) is 0 Å². The minimum atomic E-state index is -0.428. The van der Waals surface area contributed by atoms with Gasteiger partial charge in [-0.3, -0.25) is 0 Å². The van der Waals surface area contributed by atoms with Gasteiger partial charge in [0.15, 0.2) is 1.37 Å². The molecule has 0 atom stereocenters. The fourth-order valence-electron chi connectivity index (χ4n) is 0.0890. The van der Waals surface area contributed by atoms with E-state index in [9.17, 15) is 0 Å². The maximum absolute atomic E-state index is 7.79. The summed E-state index contributed by atoms with van der Waals surface area (Å²) in [5.41, 5.74) is 7.79. The van der Waals surface area contributed by atoms with Crippen LogP contribution in [-0.2, 0) is 0 Å². The molecule has 0 saturated carbocycles. The molecule has 0 amide bonds. The maximum Gasteiger partial charge on any atom is 0.331 e. The number of nitrogens with zero attached hydrogens (tertiary/aromatic N) is 2. The van der Waals surface area contributed by atoms with Crippen LogP contribution in [0.15, 0.2) is 0 Å². The Morgan fingerprint density at radius 3 is 3.14 bits per heavy atom. The molecule has 0 aromatic carbocycles. The molecule has 0 aromatic heterocycles. The second-order valence-corrected chi connectivity index (χ2v) is 0.606. The van der Waals surface area contributed by atoms with E-state index >= 15 is 0 Å². The highest BCUT2D eigenvalue weighted by Crippen LogP contribution is 1.40. The molecule has 0 aliphatic carbocycles. The monoisotopic (exact) mass is 91.0 g/mol. The Hall–Kier alpha value is -1.50. The van der Waals surface area contributed by atoms with Crippen molar-refractivity contribution in [2.75, 3.05) is 0 Å². The molecular weight excluding hydrogens is 88.1 g/mol. The van der Waals surface area contributed by atoms with E-state index < -0.39 is 6.19 Å². The lowest BCUT2D eigenvalue weighted by atomic mass is 10.6. The van der Waals surface area contributed by atoms with E-state index in [0.717, 1.165) is 0 Å². The van der Waals surface area contributed by atoms with Crippen LogP contribution >= 0.6 is 0 Å². The van der Waals surface area contributed by atoms with E-state index in [1.807, 2.05) is 5.92 Å². The molecule has 0 radical (unpaired) electrons. The normalized spacial score (nSPS) is 5.86. The lowest BCUT2D eigenvalue weighted by Crippen LogP contribution is -1.60. The van der Waals surface area contributed by atoms with Gasteiger partial charge in [0, 0.05) is 5.92 Å². The summed E-state index contributed by atoms with van der Waals surface area (Å²) in [5.74, 6) is 6.12. The highest BCUT2D eigenvalue weighted by atomic mass is 14.8. The van der Waals surface area contributed by atoms with Gasteiger partial charge >= 0.3 is 6.19 Å². The quantitative estimate of drug-likeness (QED) is 0.173. The van der Waals surface area contributed by atoms with Gasteiger partial charge in [-0.25, -0.2) is 0 Å². The van der Waals surface area contributed by atoms with Crippen LogP contribution in [0.25, 0.3) is 5.53 Å². The molecule has 0 saturated heterocycles. The summed E-state index contributed by atoms with van der Waals surface area (Å²) in [5, 5.41) is 0. The third-order valence-electron chi connectivity index (χ3n) is 0.241. The van der Waals surface area contributed by atoms with E-state index in [1.54, 1.807) is 0 Å². The molecular formula is C5H2N2. The van der Waals surface area contributed by atoms with Crippen LogP contribution < -0.4 is 0 Å². The molecule has 32 valence electrons. The third kappa shape index (κ3) is 4.50. The Labute approximate surface area is 43.2 Å². The summed E-state index contributed by atoms with van der Waals surface area (Å²) >= 11 is 0. The molecule has 0 spiro atoms. The molecule has 0 rings (SSSR count). The molecule has 0 N–H and O–H groups in total. The largest absolute Gasteiger partial charge is 0.361 e. The molecule has 0 unspecified atom stereocenters. The summed E-state index contributed by atoms with van der Waals surface area (Å²) in [7, 11) is 0. The maximum atomic E-state index is 7.79. The molecule has 2 nitrogen and oxygen atoms in total. The topological polar surface area (TPSA) is 36.4 Å². The Kier molecular flexibility index (Phi) is 2.37.